The summed E-state index contributed by atoms with van der Waals surface area (Å²) in [6.07, 6.45) is 1.85. The van der Waals surface area contributed by atoms with Gasteiger partial charge in [0.15, 0.2) is 0 Å². The van der Waals surface area contributed by atoms with E-state index < -0.39 is 5.97 Å². The Bertz CT molecular complexity index is 333. The highest BCUT2D eigenvalue weighted by molar-refractivity contribution is 5.86. The zero-order valence-electron chi connectivity index (χ0n) is 8.04. The first kappa shape index (κ1) is 9.27. The maximum Gasteiger partial charge on any atom is 0.352 e. The molecule has 2 N–H and O–H groups in total. The molecule has 0 saturated heterocycles. The first-order valence-corrected chi connectivity index (χ1v) is 4.76. The molecule has 76 valence electrons. The molecule has 14 heavy (non-hydrogen) atoms. The lowest BCUT2D eigenvalue weighted by atomic mass is 10.2. The summed E-state index contributed by atoms with van der Waals surface area (Å²) in [5.74, 6) is -0.896. The highest BCUT2D eigenvalue weighted by Gasteiger charge is 2.25. The fourth-order valence-corrected chi connectivity index (χ4v) is 1.92. The molecule has 0 fully saturated rings. The molecular weight excluding hydrogens is 182 g/mol. The number of fused-ring (bicyclic) bond motifs is 1. The Morgan fingerprint density at radius 1 is 1.71 bits per heavy atom. The number of aromatic carboxylic acids is 1. The van der Waals surface area contributed by atoms with Crippen LogP contribution in [0.25, 0.3) is 0 Å². The summed E-state index contributed by atoms with van der Waals surface area (Å²) in [6, 6.07) is 1.71. The van der Waals surface area contributed by atoms with E-state index in [1.807, 2.05) is 6.92 Å². The van der Waals surface area contributed by atoms with E-state index >= 15 is 0 Å². The van der Waals surface area contributed by atoms with Crippen LogP contribution in [-0.2, 0) is 17.6 Å². The minimum Gasteiger partial charge on any atom is -0.477 e. The third-order valence-electron chi connectivity index (χ3n) is 2.50. The molecular formula is C10H13NO3. The van der Waals surface area contributed by atoms with Crippen LogP contribution in [0, 0.1) is 0 Å². The van der Waals surface area contributed by atoms with E-state index in [0.717, 1.165) is 24.1 Å². The second kappa shape index (κ2) is 3.46. The molecule has 0 amide bonds. The Morgan fingerprint density at radius 3 is 3.07 bits per heavy atom. The normalized spacial score (nSPS) is 19.6. The summed E-state index contributed by atoms with van der Waals surface area (Å²) >= 11 is 0. The smallest absolute Gasteiger partial charge is 0.352 e. The summed E-state index contributed by atoms with van der Waals surface area (Å²) in [5, 5.41) is 8.75. The molecule has 1 aromatic heterocycles. The summed E-state index contributed by atoms with van der Waals surface area (Å²) in [5.41, 5.74) is 2.38. The second-order valence-electron chi connectivity index (χ2n) is 3.48. The quantitative estimate of drug-likeness (QED) is 0.762. The maximum atomic E-state index is 10.7. The lowest BCUT2D eigenvalue weighted by Gasteiger charge is -2.08. The van der Waals surface area contributed by atoms with E-state index in [0.29, 0.717) is 6.61 Å². The van der Waals surface area contributed by atoms with Crippen molar-refractivity contribution in [1.29, 1.82) is 0 Å². The number of carbonyl (C=O) groups is 1. The van der Waals surface area contributed by atoms with Gasteiger partial charge in [-0.2, -0.15) is 0 Å². The molecule has 0 saturated carbocycles. The second-order valence-corrected chi connectivity index (χ2v) is 3.48. The molecule has 1 heterocycles. The number of aromatic amines is 1. The zero-order valence-corrected chi connectivity index (χ0v) is 8.04. The highest BCUT2D eigenvalue weighted by atomic mass is 16.5. The van der Waals surface area contributed by atoms with E-state index in [1.165, 1.54) is 0 Å². The lowest BCUT2D eigenvalue weighted by Crippen LogP contribution is -2.13. The van der Waals surface area contributed by atoms with Crippen LogP contribution in [0.2, 0.25) is 0 Å². The molecule has 0 bridgehead atoms. The molecule has 1 aliphatic rings. The highest BCUT2D eigenvalue weighted by Crippen LogP contribution is 2.24. The van der Waals surface area contributed by atoms with E-state index in [4.69, 9.17) is 9.84 Å². The van der Waals surface area contributed by atoms with E-state index in [-0.39, 0.29) is 11.8 Å². The summed E-state index contributed by atoms with van der Waals surface area (Å²) < 4.78 is 5.48. The van der Waals surface area contributed by atoms with Gasteiger partial charge < -0.3 is 14.8 Å². The van der Waals surface area contributed by atoms with Crippen molar-refractivity contribution in [2.45, 2.75) is 25.9 Å². The van der Waals surface area contributed by atoms with E-state index in [9.17, 15) is 4.79 Å². The van der Waals surface area contributed by atoms with Gasteiger partial charge >= 0.3 is 5.97 Å². The van der Waals surface area contributed by atoms with Gasteiger partial charge in [0.1, 0.15) is 5.69 Å². The monoisotopic (exact) mass is 195 g/mol. The number of rotatable bonds is 3. The average Bonchev–Trinajstić information content (AvgIpc) is 2.61. The zero-order chi connectivity index (χ0) is 10.1. The van der Waals surface area contributed by atoms with Crippen molar-refractivity contribution in [2.75, 3.05) is 6.61 Å². The molecule has 1 aromatic rings. The number of aromatic nitrogens is 1. The van der Waals surface area contributed by atoms with Gasteiger partial charge in [-0.25, -0.2) is 4.79 Å². The van der Waals surface area contributed by atoms with Crippen molar-refractivity contribution >= 4 is 5.97 Å². The number of hydrogen-bond acceptors (Lipinski definition) is 2. The van der Waals surface area contributed by atoms with Gasteiger partial charge in [-0.05, 0) is 18.6 Å². The largest absolute Gasteiger partial charge is 0.477 e. The number of nitrogens with one attached hydrogen (secondary N) is 1. The Morgan fingerprint density at radius 2 is 2.50 bits per heavy atom. The minimum absolute atomic E-state index is 0.226. The van der Waals surface area contributed by atoms with Crippen LogP contribution >= 0.6 is 0 Å². The van der Waals surface area contributed by atoms with E-state index in [1.54, 1.807) is 6.07 Å². The number of carboxylic acid groups (broad SMARTS) is 1. The summed E-state index contributed by atoms with van der Waals surface area (Å²) in [4.78, 5) is 13.6. The number of carboxylic acids is 1. The van der Waals surface area contributed by atoms with Crippen LogP contribution in [0.3, 0.4) is 0 Å². The van der Waals surface area contributed by atoms with Crippen LogP contribution in [0.5, 0.6) is 0 Å². The fraction of sp³-hybridized carbons (Fsp3) is 0.500. The molecule has 0 spiro atoms. The molecule has 0 aliphatic heterocycles. The van der Waals surface area contributed by atoms with Crippen molar-refractivity contribution in [3.63, 3.8) is 0 Å². The van der Waals surface area contributed by atoms with Crippen molar-refractivity contribution in [1.82, 2.24) is 4.98 Å². The predicted molar refractivity (Wildman–Crippen MR) is 50.6 cm³/mol. The van der Waals surface area contributed by atoms with Gasteiger partial charge in [-0.1, -0.05) is 0 Å². The van der Waals surface area contributed by atoms with Crippen LogP contribution in [0.1, 0.15) is 28.7 Å². The summed E-state index contributed by atoms with van der Waals surface area (Å²) in [6.45, 7) is 2.68. The van der Waals surface area contributed by atoms with Crippen LogP contribution in [-0.4, -0.2) is 28.8 Å². The van der Waals surface area contributed by atoms with Gasteiger partial charge in [0.25, 0.3) is 0 Å². The van der Waals surface area contributed by atoms with Crippen molar-refractivity contribution in [2.24, 2.45) is 0 Å². The minimum atomic E-state index is -0.896. The van der Waals surface area contributed by atoms with Crippen LogP contribution < -0.4 is 0 Å². The Kier molecular flexibility index (Phi) is 2.29. The molecule has 1 unspecified atom stereocenters. The first-order valence-electron chi connectivity index (χ1n) is 4.76. The molecule has 1 aliphatic carbocycles. The molecule has 0 aromatic carbocycles. The van der Waals surface area contributed by atoms with Crippen LogP contribution in [0.4, 0.5) is 0 Å². The SMILES string of the molecule is CCOC1Cc2cc(C(=O)O)[nH]c2C1. The topological polar surface area (TPSA) is 62.3 Å². The molecule has 0 radical (unpaired) electrons. The van der Waals surface area contributed by atoms with E-state index in [2.05, 4.69) is 4.98 Å². The molecule has 2 rings (SSSR count). The molecule has 4 nitrogen and oxygen atoms in total. The van der Waals surface area contributed by atoms with Crippen LogP contribution in [0.15, 0.2) is 6.07 Å². The Balaban J connectivity index is 2.12. The Hall–Kier alpha value is -1.29. The third kappa shape index (κ3) is 1.53. The molecule has 1 atom stereocenters. The standard InChI is InChI=1S/C10H13NO3/c1-2-14-7-3-6-4-9(10(12)13)11-8(6)5-7/h4,7,11H,2-3,5H2,1H3,(H,12,13). The van der Waals surface area contributed by atoms with Gasteiger partial charge in [-0.15, -0.1) is 0 Å². The third-order valence-corrected chi connectivity index (χ3v) is 2.50. The maximum absolute atomic E-state index is 10.7. The predicted octanol–water partition coefficient (Wildman–Crippen LogP) is 1.22. The Labute approximate surface area is 81.9 Å². The molecule has 4 heteroatoms. The average molecular weight is 195 g/mol. The van der Waals surface area contributed by atoms with Crippen molar-refractivity contribution in [3.8, 4) is 0 Å². The number of ether oxygens (including phenoxy) is 1. The summed E-state index contributed by atoms with van der Waals surface area (Å²) in [7, 11) is 0. The van der Waals surface area contributed by atoms with Gasteiger partial charge in [0.05, 0.1) is 6.10 Å². The van der Waals surface area contributed by atoms with Gasteiger partial charge in [-0.3, -0.25) is 0 Å². The first-order chi connectivity index (χ1) is 6.70. The van der Waals surface area contributed by atoms with Crippen molar-refractivity contribution in [3.05, 3.63) is 23.0 Å². The van der Waals surface area contributed by atoms with Crippen molar-refractivity contribution < 1.29 is 14.6 Å². The fourth-order valence-electron chi connectivity index (χ4n) is 1.92. The van der Waals surface area contributed by atoms with Gasteiger partial charge in [0.2, 0.25) is 0 Å². The lowest BCUT2D eigenvalue weighted by molar-refractivity contribution is 0.0673. The number of hydrogen-bond donors (Lipinski definition) is 2. The number of H-pyrrole nitrogens is 1. The van der Waals surface area contributed by atoms with Gasteiger partial charge in [0, 0.05) is 25.1 Å².